The minimum absolute atomic E-state index is 0.0286. The molecule has 45 heavy (non-hydrogen) atoms. The van der Waals surface area contributed by atoms with Crippen LogP contribution >= 0.6 is 0 Å². The summed E-state index contributed by atoms with van der Waals surface area (Å²) in [5.74, 6) is 1.90. The van der Waals surface area contributed by atoms with Crippen LogP contribution in [0.3, 0.4) is 0 Å². The fourth-order valence-electron chi connectivity index (χ4n) is 5.74. The highest BCUT2D eigenvalue weighted by molar-refractivity contribution is 5.96. The van der Waals surface area contributed by atoms with Gasteiger partial charge in [-0.3, -0.25) is 19.5 Å². The lowest BCUT2D eigenvalue weighted by atomic mass is 10.1. The molecular formula is C35H39N5O5. The van der Waals surface area contributed by atoms with Crippen LogP contribution < -0.4 is 20.1 Å². The summed E-state index contributed by atoms with van der Waals surface area (Å²) in [6, 6.07) is 20.4. The van der Waals surface area contributed by atoms with Crippen molar-refractivity contribution in [2.24, 2.45) is 11.8 Å². The van der Waals surface area contributed by atoms with Gasteiger partial charge in [0.05, 0.1) is 11.2 Å². The Labute approximate surface area is 262 Å². The largest absolute Gasteiger partial charge is 0.486 e. The van der Waals surface area contributed by atoms with E-state index in [1.54, 1.807) is 30.3 Å². The minimum atomic E-state index is -0.219. The van der Waals surface area contributed by atoms with Crippen molar-refractivity contribution in [3.63, 3.8) is 0 Å². The second-order valence-electron chi connectivity index (χ2n) is 11.8. The van der Waals surface area contributed by atoms with Crippen LogP contribution in [0.4, 0.5) is 0 Å². The van der Waals surface area contributed by atoms with Crippen LogP contribution in [0.5, 0.6) is 11.5 Å². The van der Waals surface area contributed by atoms with Gasteiger partial charge in [0.15, 0.2) is 11.5 Å². The van der Waals surface area contributed by atoms with Crippen LogP contribution in [0.15, 0.2) is 66.7 Å². The van der Waals surface area contributed by atoms with Crippen LogP contribution in [-0.2, 0) is 4.79 Å². The number of carbonyl (C=O) groups is 3. The molecule has 3 amide bonds. The van der Waals surface area contributed by atoms with Gasteiger partial charge in [-0.1, -0.05) is 37.3 Å². The van der Waals surface area contributed by atoms with Crippen molar-refractivity contribution in [1.29, 1.82) is 0 Å². The zero-order valence-electron chi connectivity index (χ0n) is 25.5. The fourth-order valence-corrected chi connectivity index (χ4v) is 5.74. The van der Waals surface area contributed by atoms with E-state index in [-0.39, 0.29) is 17.7 Å². The molecule has 2 heterocycles. The molecule has 1 atom stereocenters. The molecule has 1 unspecified atom stereocenters. The van der Waals surface area contributed by atoms with E-state index in [0.29, 0.717) is 86.7 Å². The maximum absolute atomic E-state index is 13.2. The number of carbonyl (C=O) groups excluding carboxylic acids is 3. The smallest absolute Gasteiger partial charge is 0.251 e. The van der Waals surface area contributed by atoms with Crippen molar-refractivity contribution in [1.82, 2.24) is 25.7 Å². The summed E-state index contributed by atoms with van der Waals surface area (Å²) < 4.78 is 11.1. The lowest BCUT2D eigenvalue weighted by Crippen LogP contribution is -2.41. The number of hydrogen-bond donors (Lipinski definition) is 3. The number of ether oxygens (including phenoxy) is 2. The first-order valence-corrected chi connectivity index (χ1v) is 15.7. The molecule has 0 bridgehead atoms. The van der Waals surface area contributed by atoms with Crippen LogP contribution in [0.1, 0.15) is 53.3 Å². The molecule has 3 N–H and O–H groups in total. The predicted octanol–water partition coefficient (Wildman–Crippen LogP) is 4.82. The maximum atomic E-state index is 13.2. The predicted molar refractivity (Wildman–Crippen MR) is 171 cm³/mol. The molecule has 10 heteroatoms. The van der Waals surface area contributed by atoms with Gasteiger partial charge in [-0.15, -0.1) is 0 Å². The number of para-hydroxylation sites is 1. The molecule has 1 saturated carbocycles. The van der Waals surface area contributed by atoms with Gasteiger partial charge in [0.25, 0.3) is 11.8 Å². The number of fused-ring (bicyclic) bond motifs is 2. The molecule has 3 aromatic carbocycles. The maximum Gasteiger partial charge on any atom is 0.251 e. The van der Waals surface area contributed by atoms with Crippen molar-refractivity contribution in [3.8, 4) is 22.8 Å². The highest BCUT2D eigenvalue weighted by Crippen LogP contribution is 2.37. The quantitative estimate of drug-likeness (QED) is 0.187. The van der Waals surface area contributed by atoms with Crippen LogP contribution in [0, 0.1) is 11.8 Å². The van der Waals surface area contributed by atoms with E-state index >= 15 is 0 Å². The van der Waals surface area contributed by atoms with E-state index in [1.807, 2.05) is 41.3 Å². The number of nitrogens with zero attached hydrogens (tertiary/aromatic N) is 2. The van der Waals surface area contributed by atoms with Crippen molar-refractivity contribution in [3.05, 3.63) is 77.9 Å². The second kappa shape index (κ2) is 13.8. The first-order valence-electron chi connectivity index (χ1n) is 15.7. The number of aromatic amines is 1. The van der Waals surface area contributed by atoms with Gasteiger partial charge in [-0.2, -0.15) is 5.10 Å². The molecule has 0 saturated heterocycles. The number of benzene rings is 3. The van der Waals surface area contributed by atoms with Gasteiger partial charge >= 0.3 is 0 Å². The van der Waals surface area contributed by atoms with Gasteiger partial charge in [-0.25, -0.2) is 0 Å². The molecule has 1 aliphatic carbocycles. The zero-order chi connectivity index (χ0) is 31.2. The lowest BCUT2D eigenvalue weighted by molar-refractivity contribution is -0.131. The third kappa shape index (κ3) is 7.45. The van der Waals surface area contributed by atoms with Crippen LogP contribution in [-0.4, -0.2) is 72.2 Å². The van der Waals surface area contributed by atoms with E-state index in [9.17, 15) is 14.4 Å². The number of nitrogens with one attached hydrogen (secondary N) is 3. The summed E-state index contributed by atoms with van der Waals surface area (Å²) >= 11 is 0. The van der Waals surface area contributed by atoms with Gasteiger partial charge in [0.2, 0.25) is 5.91 Å². The van der Waals surface area contributed by atoms with E-state index < -0.39 is 0 Å². The molecule has 6 rings (SSSR count). The summed E-state index contributed by atoms with van der Waals surface area (Å²) in [4.78, 5) is 40.7. The Kier molecular flexibility index (Phi) is 9.28. The van der Waals surface area contributed by atoms with Gasteiger partial charge in [-0.05, 0) is 67.5 Å². The highest BCUT2D eigenvalue weighted by atomic mass is 16.6. The topological polar surface area (TPSA) is 126 Å². The Morgan fingerprint density at radius 3 is 2.42 bits per heavy atom. The summed E-state index contributed by atoms with van der Waals surface area (Å²) in [6.45, 7) is 4.96. The van der Waals surface area contributed by atoms with Gasteiger partial charge in [0, 0.05) is 54.7 Å². The highest BCUT2D eigenvalue weighted by Gasteiger charge is 2.30. The Hall–Kier alpha value is -4.86. The first-order chi connectivity index (χ1) is 22.0. The molecular weight excluding hydrogens is 570 g/mol. The number of hydrogen-bond acceptors (Lipinski definition) is 6. The molecule has 1 aromatic heterocycles. The van der Waals surface area contributed by atoms with Gasteiger partial charge < -0.3 is 25.0 Å². The van der Waals surface area contributed by atoms with E-state index in [1.165, 1.54) is 12.8 Å². The van der Waals surface area contributed by atoms with Crippen molar-refractivity contribution < 1.29 is 23.9 Å². The lowest BCUT2D eigenvalue weighted by Gasteiger charge is -2.26. The van der Waals surface area contributed by atoms with E-state index in [2.05, 4.69) is 27.8 Å². The number of rotatable bonds is 13. The van der Waals surface area contributed by atoms with E-state index in [0.717, 1.165) is 22.2 Å². The molecule has 4 aromatic rings. The molecule has 0 radical (unpaired) electrons. The van der Waals surface area contributed by atoms with Gasteiger partial charge in [0.1, 0.15) is 13.2 Å². The number of H-pyrrole nitrogens is 1. The summed E-state index contributed by atoms with van der Waals surface area (Å²) in [5.41, 5.74) is 3.78. The third-order valence-electron chi connectivity index (χ3n) is 8.50. The minimum Gasteiger partial charge on any atom is -0.486 e. The van der Waals surface area contributed by atoms with Crippen molar-refractivity contribution >= 4 is 28.6 Å². The standard InChI is InChI=1S/C35H39N5O5/c1-23(24-8-9-24)22-40(18-17-37-35(43)27-14-15-30-31(21-27)45-20-19-44-30)32(41)7-4-16-36-34(42)26-12-10-25(11-13-26)33-28-5-2-3-6-29(28)38-39-33/h2-3,5-6,10-15,21,23-24H,4,7-9,16-20,22H2,1H3,(H,36,42)(H,37,43)(H,38,39). The number of amides is 3. The van der Waals surface area contributed by atoms with E-state index in [4.69, 9.17) is 9.47 Å². The normalized spacial score (nSPS) is 14.5. The average Bonchev–Trinajstić information content (AvgIpc) is 3.84. The van der Waals surface area contributed by atoms with Crippen molar-refractivity contribution in [2.45, 2.75) is 32.6 Å². The third-order valence-corrected chi connectivity index (χ3v) is 8.50. The monoisotopic (exact) mass is 609 g/mol. The van der Waals surface area contributed by atoms with Crippen LogP contribution in [0.25, 0.3) is 22.2 Å². The van der Waals surface area contributed by atoms with Crippen LogP contribution in [0.2, 0.25) is 0 Å². The molecule has 0 spiro atoms. The first kappa shape index (κ1) is 30.2. The average molecular weight is 610 g/mol. The summed E-state index contributed by atoms with van der Waals surface area (Å²) in [7, 11) is 0. The molecule has 10 nitrogen and oxygen atoms in total. The fraction of sp³-hybridized carbons (Fsp3) is 0.371. The Bertz CT molecular complexity index is 1660. The SMILES string of the molecule is CC(CN(CCNC(=O)c1ccc2c(c1)OCCO2)C(=O)CCCNC(=O)c1ccc(-c2n[nH]c3ccccc23)cc1)C1CC1. The zero-order valence-corrected chi connectivity index (χ0v) is 25.5. The number of aromatic nitrogens is 2. The molecule has 1 aliphatic heterocycles. The molecule has 234 valence electrons. The molecule has 1 fully saturated rings. The Balaban J connectivity index is 0.969. The molecule has 2 aliphatic rings. The Morgan fingerprint density at radius 2 is 1.62 bits per heavy atom. The Morgan fingerprint density at radius 1 is 0.911 bits per heavy atom. The second-order valence-corrected chi connectivity index (χ2v) is 11.8. The summed E-state index contributed by atoms with van der Waals surface area (Å²) in [6.07, 6.45) is 3.25. The van der Waals surface area contributed by atoms with Crippen molar-refractivity contribution in [2.75, 3.05) is 39.4 Å². The summed E-state index contributed by atoms with van der Waals surface area (Å²) in [5, 5.41) is 14.4.